The van der Waals surface area contributed by atoms with Gasteiger partial charge in [0.2, 0.25) is 11.5 Å². The first kappa shape index (κ1) is 21.8. The van der Waals surface area contributed by atoms with E-state index in [4.69, 9.17) is 9.84 Å². The predicted octanol–water partition coefficient (Wildman–Crippen LogP) is 4.38. The molecule has 1 heterocycles. The zero-order chi connectivity index (χ0) is 24.4. The molecule has 4 aromatic rings. The molecule has 0 fully saturated rings. The molecule has 1 aliphatic rings. The molecular weight excluding hydrogens is 452 g/mol. The maximum Gasteiger partial charge on any atom is 0.412 e. The minimum atomic E-state index is -1.14. The monoisotopic (exact) mass is 470 g/mol. The molecule has 5 rings (SSSR count). The Morgan fingerprint density at radius 2 is 1.57 bits per heavy atom. The van der Waals surface area contributed by atoms with Gasteiger partial charge in [-0.3, -0.25) is 10.1 Å². The number of benzene rings is 3. The lowest BCUT2D eigenvalue weighted by molar-refractivity contribution is 0.0696. The summed E-state index contributed by atoms with van der Waals surface area (Å²) in [4.78, 5) is 36.2. The van der Waals surface area contributed by atoms with E-state index in [0.717, 1.165) is 22.3 Å². The normalized spacial score (nSPS) is 11.9. The number of carboxylic acid groups (broad SMARTS) is 1. The molecule has 0 radical (unpaired) electrons. The fourth-order valence-electron chi connectivity index (χ4n) is 4.07. The largest absolute Gasteiger partial charge is 0.478 e. The van der Waals surface area contributed by atoms with E-state index in [-0.39, 0.29) is 35.3 Å². The highest BCUT2D eigenvalue weighted by atomic mass is 16.6. The number of ether oxygens (including phenoxy) is 1. The van der Waals surface area contributed by atoms with Crippen molar-refractivity contribution in [2.24, 2.45) is 0 Å². The first-order valence-corrected chi connectivity index (χ1v) is 10.6. The standard InChI is InChI=1S/C25H18N4O6/c30-23(26-15-7-5-6-14(12-15)24(31)32)21-22(29-35-28-21)27-25(33)34-13-20-18-10-3-1-8-16(18)17-9-2-4-11-19(17)20/h1-12,20H,13H2,(H,26,30)(H,31,32)(H,27,29,33). The van der Waals surface area contributed by atoms with Crippen molar-refractivity contribution < 1.29 is 28.9 Å². The number of carboxylic acids is 1. The number of hydrogen-bond donors (Lipinski definition) is 3. The second-order valence-corrected chi connectivity index (χ2v) is 7.75. The van der Waals surface area contributed by atoms with Crippen LogP contribution in [0.15, 0.2) is 77.4 Å². The van der Waals surface area contributed by atoms with E-state index in [1.807, 2.05) is 48.5 Å². The molecule has 0 saturated heterocycles. The molecule has 0 spiro atoms. The van der Waals surface area contributed by atoms with Crippen LogP contribution in [0.2, 0.25) is 0 Å². The Kier molecular flexibility index (Phi) is 5.68. The van der Waals surface area contributed by atoms with E-state index in [1.165, 1.54) is 24.3 Å². The minimum absolute atomic E-state index is 0.00179. The van der Waals surface area contributed by atoms with Gasteiger partial charge >= 0.3 is 12.1 Å². The molecule has 10 nitrogen and oxygen atoms in total. The maximum absolute atomic E-state index is 12.6. The molecule has 3 N–H and O–H groups in total. The van der Waals surface area contributed by atoms with Crippen LogP contribution in [0, 0.1) is 0 Å². The highest BCUT2D eigenvalue weighted by molar-refractivity contribution is 6.07. The van der Waals surface area contributed by atoms with Crippen LogP contribution in [0.3, 0.4) is 0 Å². The second-order valence-electron chi connectivity index (χ2n) is 7.75. The van der Waals surface area contributed by atoms with Crippen molar-refractivity contribution in [1.29, 1.82) is 0 Å². The first-order valence-electron chi connectivity index (χ1n) is 10.6. The number of amides is 2. The summed E-state index contributed by atoms with van der Waals surface area (Å²) in [7, 11) is 0. The third-order valence-corrected chi connectivity index (χ3v) is 5.64. The van der Waals surface area contributed by atoms with Crippen LogP contribution >= 0.6 is 0 Å². The van der Waals surface area contributed by atoms with Gasteiger partial charge in [-0.25, -0.2) is 14.2 Å². The molecule has 2 amide bonds. The minimum Gasteiger partial charge on any atom is -0.478 e. The third-order valence-electron chi connectivity index (χ3n) is 5.64. The van der Waals surface area contributed by atoms with Crippen molar-refractivity contribution in [1.82, 2.24) is 10.3 Å². The molecule has 35 heavy (non-hydrogen) atoms. The van der Waals surface area contributed by atoms with Gasteiger partial charge < -0.3 is 15.2 Å². The zero-order valence-electron chi connectivity index (χ0n) is 18.1. The van der Waals surface area contributed by atoms with Crippen LogP contribution in [-0.2, 0) is 4.74 Å². The van der Waals surface area contributed by atoms with Crippen LogP contribution in [0.4, 0.5) is 16.3 Å². The van der Waals surface area contributed by atoms with E-state index in [1.54, 1.807) is 0 Å². The number of carbonyl (C=O) groups is 3. The van der Waals surface area contributed by atoms with Gasteiger partial charge in [-0.15, -0.1) is 0 Å². The third kappa shape index (κ3) is 4.32. The molecule has 1 aliphatic carbocycles. The summed E-state index contributed by atoms with van der Waals surface area (Å²) in [6.45, 7) is 0.0780. The number of carbonyl (C=O) groups excluding carboxylic acids is 2. The van der Waals surface area contributed by atoms with Crippen LogP contribution in [0.1, 0.15) is 37.9 Å². The summed E-state index contributed by atoms with van der Waals surface area (Å²) in [5.41, 5.74) is 4.26. The van der Waals surface area contributed by atoms with Crippen molar-refractivity contribution >= 4 is 29.5 Å². The average molecular weight is 470 g/mol. The van der Waals surface area contributed by atoms with Crippen molar-refractivity contribution in [3.63, 3.8) is 0 Å². The van der Waals surface area contributed by atoms with E-state index in [2.05, 4.69) is 25.6 Å². The summed E-state index contributed by atoms with van der Waals surface area (Å²) in [5.74, 6) is -2.24. The molecule has 0 saturated carbocycles. The van der Waals surface area contributed by atoms with Gasteiger partial charge in [0.15, 0.2) is 0 Å². The van der Waals surface area contributed by atoms with Crippen LogP contribution in [0.5, 0.6) is 0 Å². The first-order chi connectivity index (χ1) is 17.0. The topological polar surface area (TPSA) is 144 Å². The van der Waals surface area contributed by atoms with Gasteiger partial charge in [-0.05, 0) is 50.8 Å². The lowest BCUT2D eigenvalue weighted by atomic mass is 9.98. The summed E-state index contributed by atoms with van der Waals surface area (Å²) in [6.07, 6.45) is -0.829. The van der Waals surface area contributed by atoms with Crippen molar-refractivity contribution in [3.05, 3.63) is 95.2 Å². The summed E-state index contributed by atoms with van der Waals surface area (Å²) in [6, 6.07) is 21.6. The van der Waals surface area contributed by atoms with E-state index in [9.17, 15) is 14.4 Å². The van der Waals surface area contributed by atoms with Gasteiger partial charge in [-0.2, -0.15) is 0 Å². The Hall–Kier alpha value is -4.99. The lowest BCUT2D eigenvalue weighted by Gasteiger charge is -2.14. The molecule has 0 bridgehead atoms. The zero-order valence-corrected chi connectivity index (χ0v) is 18.1. The summed E-state index contributed by atoms with van der Waals surface area (Å²) in [5, 5.41) is 21.1. The smallest absolute Gasteiger partial charge is 0.412 e. The number of fused-ring (bicyclic) bond motifs is 3. The fourth-order valence-corrected chi connectivity index (χ4v) is 4.07. The lowest BCUT2D eigenvalue weighted by Crippen LogP contribution is -2.21. The molecule has 1 aromatic heterocycles. The Bertz CT molecular complexity index is 1400. The SMILES string of the molecule is O=C(Nc1nonc1C(=O)Nc1cccc(C(=O)O)c1)OCC1c2ccccc2-c2ccccc21. The molecule has 0 unspecified atom stereocenters. The van der Waals surface area contributed by atoms with E-state index < -0.39 is 18.0 Å². The van der Waals surface area contributed by atoms with Crippen LogP contribution in [0.25, 0.3) is 11.1 Å². The summed E-state index contributed by atoms with van der Waals surface area (Å²) < 4.78 is 10.1. The molecule has 3 aromatic carbocycles. The van der Waals surface area contributed by atoms with E-state index in [0.29, 0.717) is 0 Å². The molecule has 174 valence electrons. The van der Waals surface area contributed by atoms with Crippen molar-refractivity contribution in [2.45, 2.75) is 5.92 Å². The number of nitrogens with one attached hydrogen (secondary N) is 2. The number of aromatic carboxylic acids is 1. The number of rotatable bonds is 6. The molecule has 10 heteroatoms. The Labute approximate surface area is 198 Å². The Morgan fingerprint density at radius 1 is 0.886 bits per heavy atom. The predicted molar refractivity (Wildman–Crippen MR) is 124 cm³/mol. The number of aromatic nitrogens is 2. The van der Waals surface area contributed by atoms with Crippen LogP contribution < -0.4 is 10.6 Å². The van der Waals surface area contributed by atoms with Crippen molar-refractivity contribution in [3.8, 4) is 11.1 Å². The van der Waals surface area contributed by atoms with E-state index >= 15 is 0 Å². The van der Waals surface area contributed by atoms with Gasteiger partial charge in [0.25, 0.3) is 5.91 Å². The van der Waals surface area contributed by atoms with Gasteiger partial charge in [-0.1, -0.05) is 54.6 Å². The highest BCUT2D eigenvalue weighted by Gasteiger charge is 2.29. The van der Waals surface area contributed by atoms with Gasteiger partial charge in [0.1, 0.15) is 6.61 Å². The quantitative estimate of drug-likeness (QED) is 0.377. The fraction of sp³-hybridized carbons (Fsp3) is 0.0800. The van der Waals surface area contributed by atoms with Gasteiger partial charge in [0, 0.05) is 11.6 Å². The molecular formula is C25H18N4O6. The molecule has 0 atom stereocenters. The maximum atomic E-state index is 12.6. The highest BCUT2D eigenvalue weighted by Crippen LogP contribution is 2.44. The Balaban J connectivity index is 1.25. The number of hydrogen-bond acceptors (Lipinski definition) is 7. The Morgan fingerprint density at radius 3 is 2.26 bits per heavy atom. The molecule has 0 aliphatic heterocycles. The number of nitrogens with zero attached hydrogens (tertiary/aromatic N) is 2. The second kappa shape index (κ2) is 9.10. The summed E-state index contributed by atoms with van der Waals surface area (Å²) >= 11 is 0. The average Bonchev–Trinajstić information content (AvgIpc) is 3.45. The van der Waals surface area contributed by atoms with Gasteiger partial charge in [0.05, 0.1) is 5.56 Å². The number of anilines is 2. The van der Waals surface area contributed by atoms with Crippen LogP contribution in [-0.4, -0.2) is 40.0 Å². The van der Waals surface area contributed by atoms with Crippen molar-refractivity contribution in [2.75, 3.05) is 17.2 Å².